The van der Waals surface area contributed by atoms with Crippen molar-refractivity contribution in [2.75, 3.05) is 0 Å². The number of hydrogen-bond acceptors (Lipinski definition) is 1. The zero-order valence-electron chi connectivity index (χ0n) is 16.1. The lowest BCUT2D eigenvalue weighted by molar-refractivity contribution is 1.41. The molecule has 0 radical (unpaired) electrons. The van der Waals surface area contributed by atoms with E-state index >= 15 is 0 Å². The Hall–Kier alpha value is -2.29. The van der Waals surface area contributed by atoms with Gasteiger partial charge in [-0.25, -0.2) is 0 Å². The summed E-state index contributed by atoms with van der Waals surface area (Å²) in [6.45, 7) is 4.27. The maximum atomic E-state index is 4.75. The molecule has 0 aliphatic heterocycles. The molecule has 28 heavy (non-hydrogen) atoms. The summed E-state index contributed by atoms with van der Waals surface area (Å²) < 4.78 is 0. The summed E-state index contributed by atoms with van der Waals surface area (Å²) in [5.41, 5.74) is 7.66. The highest BCUT2D eigenvalue weighted by Gasteiger charge is 2.13. The lowest BCUT2D eigenvalue weighted by atomic mass is 9.93. The molecule has 0 saturated carbocycles. The van der Waals surface area contributed by atoms with Gasteiger partial charge in [-0.3, -0.25) is 0 Å². The van der Waals surface area contributed by atoms with Crippen LogP contribution in [0.1, 0.15) is 11.1 Å². The summed E-state index contributed by atoms with van der Waals surface area (Å²) in [5.74, 6) is 0. The molecule has 0 saturated heterocycles. The van der Waals surface area contributed by atoms with Crippen molar-refractivity contribution in [1.29, 1.82) is 0 Å². The molecule has 3 aromatic rings. The molecule has 1 aliphatic rings. The first-order valence-electron chi connectivity index (χ1n) is 9.50. The van der Waals surface area contributed by atoms with E-state index in [1.54, 1.807) is 0 Å². The molecule has 0 bridgehead atoms. The van der Waals surface area contributed by atoms with Crippen molar-refractivity contribution in [1.82, 2.24) is 0 Å². The number of aryl methyl sites for hydroxylation is 2. The van der Waals surface area contributed by atoms with E-state index in [4.69, 9.17) is 12.6 Å². The van der Waals surface area contributed by atoms with Gasteiger partial charge in [0.25, 0.3) is 0 Å². The predicted octanol–water partition coefficient (Wildman–Crippen LogP) is 7.06. The number of allylic oxidation sites excluding steroid dienone is 3. The molecule has 0 spiro atoms. The summed E-state index contributed by atoms with van der Waals surface area (Å²) in [6, 6.07) is 24.3. The Morgan fingerprint density at radius 2 is 1.39 bits per heavy atom. The van der Waals surface area contributed by atoms with Crippen molar-refractivity contribution in [2.45, 2.75) is 24.0 Å². The molecule has 2 heteroatoms. The van der Waals surface area contributed by atoms with E-state index in [-0.39, 0.29) is 5.25 Å². The highest BCUT2D eigenvalue weighted by molar-refractivity contribution is 8.00. The van der Waals surface area contributed by atoms with Crippen molar-refractivity contribution < 1.29 is 0 Å². The van der Waals surface area contributed by atoms with Gasteiger partial charge in [-0.05, 0) is 41.5 Å². The van der Waals surface area contributed by atoms with Crippen molar-refractivity contribution >= 4 is 28.8 Å². The van der Waals surface area contributed by atoms with Crippen LogP contribution in [-0.2, 0) is 0 Å². The maximum absolute atomic E-state index is 4.75. The quantitative estimate of drug-likeness (QED) is 0.341. The Morgan fingerprint density at radius 1 is 0.750 bits per heavy atom. The van der Waals surface area contributed by atoms with E-state index in [0.29, 0.717) is 0 Å². The normalized spacial score (nSPS) is 17.5. The number of rotatable bonds is 3. The molecule has 1 unspecified atom stereocenters. The van der Waals surface area contributed by atoms with Crippen LogP contribution in [-0.4, -0.2) is 10.1 Å². The van der Waals surface area contributed by atoms with Crippen LogP contribution in [0.3, 0.4) is 0 Å². The van der Waals surface area contributed by atoms with Gasteiger partial charge in [0.1, 0.15) is 0 Å². The zero-order valence-corrected chi connectivity index (χ0v) is 17.9. The Balaban J connectivity index is 1.93. The third-order valence-electron chi connectivity index (χ3n) is 4.97. The first kappa shape index (κ1) is 19.0. The van der Waals surface area contributed by atoms with Crippen LogP contribution >= 0.6 is 24.0 Å². The van der Waals surface area contributed by atoms with E-state index in [1.165, 1.54) is 54.5 Å². The van der Waals surface area contributed by atoms with E-state index in [1.807, 2.05) is 0 Å². The molecular formula is C26H24S2. The molecule has 0 heterocycles. The molecule has 0 amide bonds. The van der Waals surface area contributed by atoms with Crippen LogP contribution in [0.4, 0.5) is 0 Å². The fourth-order valence-corrected chi connectivity index (χ4v) is 4.93. The van der Waals surface area contributed by atoms with Crippen LogP contribution in [0, 0.1) is 13.8 Å². The first-order valence-corrected chi connectivity index (χ1v) is 10.9. The van der Waals surface area contributed by atoms with Gasteiger partial charge in [0.05, 0.1) is 5.25 Å². The molecule has 3 aromatic carbocycles. The monoisotopic (exact) mass is 400 g/mol. The van der Waals surface area contributed by atoms with Gasteiger partial charge in [0.15, 0.2) is 0 Å². The van der Waals surface area contributed by atoms with E-state index < -0.39 is 0 Å². The third-order valence-corrected chi connectivity index (χ3v) is 6.92. The van der Waals surface area contributed by atoms with E-state index in [0.717, 1.165) is 0 Å². The second-order valence-electron chi connectivity index (χ2n) is 7.16. The molecular weight excluding hydrogens is 376 g/mol. The fourth-order valence-electron chi connectivity index (χ4n) is 3.39. The minimum atomic E-state index is 0.167. The van der Waals surface area contributed by atoms with Crippen LogP contribution in [0.2, 0.25) is 0 Å². The topological polar surface area (TPSA) is 0 Å². The van der Waals surface area contributed by atoms with Crippen LogP contribution in [0.5, 0.6) is 0 Å². The minimum absolute atomic E-state index is 0.167. The van der Waals surface area contributed by atoms with Crippen molar-refractivity contribution in [3.05, 3.63) is 102 Å². The SMILES string of the molecule is Cc1ccc(-c2cccc([SH]=C3C=CC=CC3S)c2-c2ccc(C)cc2)cc1. The zero-order chi connectivity index (χ0) is 19.5. The fraction of sp³-hybridized carbons (Fsp3) is 0.115. The Labute approximate surface area is 177 Å². The summed E-state index contributed by atoms with van der Waals surface area (Å²) in [7, 11) is 0. The minimum Gasteiger partial charge on any atom is -0.166 e. The largest absolute Gasteiger partial charge is 0.166 e. The number of benzene rings is 3. The summed E-state index contributed by atoms with van der Waals surface area (Å²) in [5, 5.41) is 0.167. The van der Waals surface area contributed by atoms with Gasteiger partial charge in [-0.2, -0.15) is 24.0 Å². The molecule has 0 fully saturated rings. The number of hydrogen-bond donors (Lipinski definition) is 2. The van der Waals surface area contributed by atoms with Gasteiger partial charge in [0, 0.05) is 10.5 Å². The Morgan fingerprint density at radius 3 is 2.04 bits per heavy atom. The third kappa shape index (κ3) is 4.09. The second-order valence-corrected chi connectivity index (χ2v) is 8.94. The smallest absolute Gasteiger partial charge is 0.0502 e. The van der Waals surface area contributed by atoms with E-state index in [9.17, 15) is 0 Å². The summed E-state index contributed by atoms with van der Waals surface area (Å²) in [6.07, 6.45) is 8.50. The molecule has 1 atom stereocenters. The van der Waals surface area contributed by atoms with Crippen LogP contribution < -0.4 is 0 Å². The average molecular weight is 401 g/mol. The lowest BCUT2D eigenvalue weighted by Gasteiger charge is -2.17. The number of thiol groups is 2. The van der Waals surface area contributed by atoms with Crippen molar-refractivity contribution in [2.24, 2.45) is 0 Å². The van der Waals surface area contributed by atoms with Crippen LogP contribution in [0.25, 0.3) is 22.3 Å². The Bertz CT molecular complexity index is 1070. The van der Waals surface area contributed by atoms with E-state index in [2.05, 4.69) is 105 Å². The lowest BCUT2D eigenvalue weighted by Crippen LogP contribution is -2.09. The highest BCUT2D eigenvalue weighted by Crippen LogP contribution is 2.38. The molecule has 0 aromatic heterocycles. The van der Waals surface area contributed by atoms with Gasteiger partial charge in [0.2, 0.25) is 0 Å². The maximum Gasteiger partial charge on any atom is 0.0502 e. The van der Waals surface area contributed by atoms with Gasteiger partial charge in [-0.1, -0.05) is 96.1 Å². The summed E-state index contributed by atoms with van der Waals surface area (Å²) in [4.78, 5) is 2.62. The highest BCUT2D eigenvalue weighted by atomic mass is 32.1. The second kappa shape index (κ2) is 8.38. The molecule has 0 nitrogen and oxygen atoms in total. The van der Waals surface area contributed by atoms with Crippen molar-refractivity contribution in [3.8, 4) is 22.3 Å². The molecule has 1 aliphatic carbocycles. The van der Waals surface area contributed by atoms with Gasteiger partial charge >= 0.3 is 0 Å². The summed E-state index contributed by atoms with van der Waals surface area (Å²) >= 11 is 5.95. The van der Waals surface area contributed by atoms with Crippen molar-refractivity contribution in [3.63, 3.8) is 0 Å². The molecule has 4 rings (SSSR count). The van der Waals surface area contributed by atoms with Gasteiger partial charge < -0.3 is 0 Å². The predicted molar refractivity (Wildman–Crippen MR) is 130 cm³/mol. The average Bonchev–Trinajstić information content (AvgIpc) is 2.71. The Kier molecular flexibility index (Phi) is 5.70. The van der Waals surface area contributed by atoms with Crippen LogP contribution in [0.15, 0.2) is 95.9 Å². The van der Waals surface area contributed by atoms with Gasteiger partial charge in [-0.15, -0.1) is 0 Å². The first-order chi connectivity index (χ1) is 13.6. The molecule has 0 N–H and O–H groups in total. The standard InChI is InChI=1S/C26H24S2/c1-18-10-14-20(15-11-18)22-6-5-9-25(28-24-8-4-3-7-23(24)27)26(22)21-16-12-19(2)13-17-21/h3-17,23,27-28H,1-2H3. The molecule has 140 valence electrons.